The Labute approximate surface area is 214 Å². The molecule has 0 atom stereocenters. The van der Waals surface area contributed by atoms with E-state index < -0.39 is 5.91 Å². The van der Waals surface area contributed by atoms with Gasteiger partial charge in [-0.1, -0.05) is 37.1 Å². The average molecular weight is 490 g/mol. The van der Waals surface area contributed by atoms with E-state index in [9.17, 15) is 9.59 Å². The fourth-order valence-electron chi connectivity index (χ4n) is 5.31. The number of amides is 2. The third-order valence-electron chi connectivity index (χ3n) is 7.20. The number of imidazole rings is 1. The van der Waals surface area contributed by atoms with Gasteiger partial charge in [-0.05, 0) is 66.3 Å². The van der Waals surface area contributed by atoms with Crippen LogP contribution in [0.5, 0.6) is 0 Å². The number of pyridine rings is 1. The number of rotatable bonds is 6. The van der Waals surface area contributed by atoms with Gasteiger partial charge in [-0.2, -0.15) is 0 Å². The fraction of sp³-hybridized carbons (Fsp3) is 0.200. The normalized spacial score (nSPS) is 13.8. The Morgan fingerprint density at radius 1 is 0.946 bits per heavy atom. The van der Waals surface area contributed by atoms with E-state index in [4.69, 9.17) is 10.7 Å². The second kappa shape index (κ2) is 9.50. The van der Waals surface area contributed by atoms with Crippen LogP contribution in [0.1, 0.15) is 58.0 Å². The SMILES string of the molecule is NC(=O)c1cccc(CNC(=O)c2ccc3nc(-c4ccc5cnccc5c4)n(C4CCCC4)c3c2)c1. The van der Waals surface area contributed by atoms with Crippen molar-refractivity contribution in [2.75, 3.05) is 0 Å². The van der Waals surface area contributed by atoms with Crippen LogP contribution in [0.2, 0.25) is 0 Å². The largest absolute Gasteiger partial charge is 0.366 e. The first-order valence-corrected chi connectivity index (χ1v) is 12.6. The third kappa shape index (κ3) is 4.44. The van der Waals surface area contributed by atoms with Crippen molar-refractivity contribution in [3.05, 3.63) is 95.8 Å². The summed E-state index contributed by atoms with van der Waals surface area (Å²) in [6, 6.07) is 21.4. The molecule has 1 fully saturated rings. The van der Waals surface area contributed by atoms with Crippen LogP contribution in [0, 0.1) is 0 Å². The van der Waals surface area contributed by atoms with E-state index in [0.29, 0.717) is 23.7 Å². The summed E-state index contributed by atoms with van der Waals surface area (Å²) in [6.45, 7) is 0.303. The highest BCUT2D eigenvalue weighted by Crippen LogP contribution is 2.37. The Hall–Kier alpha value is -4.52. The number of fused-ring (bicyclic) bond motifs is 2. The first-order chi connectivity index (χ1) is 18.1. The molecule has 5 aromatic rings. The summed E-state index contributed by atoms with van der Waals surface area (Å²) in [5.74, 6) is 0.268. The molecule has 2 aromatic heterocycles. The van der Waals surface area contributed by atoms with Gasteiger partial charge in [0.1, 0.15) is 5.82 Å². The van der Waals surface area contributed by atoms with Gasteiger partial charge in [-0.15, -0.1) is 0 Å². The van der Waals surface area contributed by atoms with E-state index in [1.165, 1.54) is 12.8 Å². The Morgan fingerprint density at radius 2 is 1.81 bits per heavy atom. The summed E-state index contributed by atoms with van der Waals surface area (Å²) in [5.41, 5.74) is 10.1. The number of primary amides is 1. The molecule has 37 heavy (non-hydrogen) atoms. The van der Waals surface area contributed by atoms with Crippen molar-refractivity contribution < 1.29 is 9.59 Å². The smallest absolute Gasteiger partial charge is 0.251 e. The van der Waals surface area contributed by atoms with Crippen LogP contribution in [-0.4, -0.2) is 26.3 Å². The predicted octanol–water partition coefficient (Wildman–Crippen LogP) is 5.40. The molecule has 1 saturated carbocycles. The molecule has 0 unspecified atom stereocenters. The van der Waals surface area contributed by atoms with Crippen LogP contribution in [0.4, 0.5) is 0 Å². The molecule has 184 valence electrons. The maximum atomic E-state index is 13.1. The van der Waals surface area contributed by atoms with Crippen LogP contribution in [0.15, 0.2) is 79.1 Å². The molecule has 7 nitrogen and oxygen atoms in total. The lowest BCUT2D eigenvalue weighted by Crippen LogP contribution is -2.23. The number of nitrogens with zero attached hydrogens (tertiary/aromatic N) is 3. The zero-order chi connectivity index (χ0) is 25.4. The Balaban J connectivity index is 1.35. The van der Waals surface area contributed by atoms with E-state index in [0.717, 1.165) is 51.6 Å². The lowest BCUT2D eigenvalue weighted by molar-refractivity contribution is 0.0950. The molecule has 1 aliphatic carbocycles. The third-order valence-corrected chi connectivity index (χ3v) is 7.20. The molecule has 0 saturated heterocycles. The summed E-state index contributed by atoms with van der Waals surface area (Å²) in [5, 5.41) is 5.18. The van der Waals surface area contributed by atoms with Crippen molar-refractivity contribution in [2.24, 2.45) is 5.73 Å². The number of nitrogens with two attached hydrogens (primary N) is 1. The summed E-state index contributed by atoms with van der Waals surface area (Å²) in [6.07, 6.45) is 8.26. The summed E-state index contributed by atoms with van der Waals surface area (Å²) in [7, 11) is 0. The van der Waals surface area contributed by atoms with Crippen molar-refractivity contribution in [3.8, 4) is 11.4 Å². The number of benzene rings is 3. The fourth-order valence-corrected chi connectivity index (χ4v) is 5.31. The topological polar surface area (TPSA) is 103 Å². The van der Waals surface area contributed by atoms with Gasteiger partial charge in [0.05, 0.1) is 11.0 Å². The minimum atomic E-state index is -0.488. The zero-order valence-electron chi connectivity index (χ0n) is 20.4. The molecule has 0 aliphatic heterocycles. The number of hydrogen-bond donors (Lipinski definition) is 2. The second-order valence-corrected chi connectivity index (χ2v) is 9.63. The van der Waals surface area contributed by atoms with E-state index >= 15 is 0 Å². The molecule has 3 aromatic carbocycles. The van der Waals surface area contributed by atoms with Crippen LogP contribution < -0.4 is 11.1 Å². The highest BCUT2D eigenvalue weighted by Gasteiger charge is 2.24. The number of carbonyl (C=O) groups excluding carboxylic acids is 2. The van der Waals surface area contributed by atoms with E-state index in [2.05, 4.69) is 33.1 Å². The molecule has 3 N–H and O–H groups in total. The molecule has 7 heteroatoms. The molecule has 2 heterocycles. The number of hydrogen-bond acceptors (Lipinski definition) is 4. The van der Waals surface area contributed by atoms with Crippen molar-refractivity contribution >= 4 is 33.6 Å². The van der Waals surface area contributed by atoms with Crippen LogP contribution in [0.25, 0.3) is 33.2 Å². The molecule has 6 rings (SSSR count). The molecular formula is C30H27N5O2. The Bertz CT molecular complexity index is 1650. The molecule has 1 aliphatic rings. The lowest BCUT2D eigenvalue weighted by Gasteiger charge is -2.17. The molecule has 0 bridgehead atoms. The number of nitrogens with one attached hydrogen (secondary N) is 1. The van der Waals surface area contributed by atoms with Crippen molar-refractivity contribution in [2.45, 2.75) is 38.3 Å². The maximum absolute atomic E-state index is 13.1. The van der Waals surface area contributed by atoms with Gasteiger partial charge in [0.15, 0.2) is 0 Å². The first kappa shape index (κ1) is 22.9. The van der Waals surface area contributed by atoms with Gasteiger partial charge < -0.3 is 15.6 Å². The summed E-state index contributed by atoms with van der Waals surface area (Å²) < 4.78 is 2.33. The van der Waals surface area contributed by atoms with Gasteiger partial charge in [0.25, 0.3) is 5.91 Å². The standard InChI is InChI=1S/C30H27N5O2/c31-28(36)21-5-3-4-19(14-21)17-33-30(37)23-10-11-26-27(16-23)35(25-6-1-2-7-25)29(34-26)22-8-9-24-18-32-13-12-20(24)15-22/h3-5,8-16,18,25H,1-2,6-7,17H2,(H2,31,36)(H,33,37). The van der Waals surface area contributed by atoms with Crippen LogP contribution >= 0.6 is 0 Å². The Morgan fingerprint density at radius 3 is 2.65 bits per heavy atom. The minimum absolute atomic E-state index is 0.176. The lowest BCUT2D eigenvalue weighted by atomic mass is 10.1. The molecule has 2 amide bonds. The highest BCUT2D eigenvalue weighted by atomic mass is 16.2. The first-order valence-electron chi connectivity index (χ1n) is 12.6. The van der Waals surface area contributed by atoms with Crippen molar-refractivity contribution in [3.63, 3.8) is 0 Å². The van der Waals surface area contributed by atoms with Gasteiger partial charge in [0.2, 0.25) is 5.91 Å². The van der Waals surface area contributed by atoms with Crippen molar-refractivity contribution in [1.29, 1.82) is 0 Å². The number of aromatic nitrogens is 3. The monoisotopic (exact) mass is 489 g/mol. The zero-order valence-corrected chi connectivity index (χ0v) is 20.4. The van der Waals surface area contributed by atoms with Gasteiger partial charge in [0, 0.05) is 47.1 Å². The maximum Gasteiger partial charge on any atom is 0.251 e. The van der Waals surface area contributed by atoms with E-state index in [1.807, 2.05) is 36.5 Å². The van der Waals surface area contributed by atoms with Gasteiger partial charge in [-0.25, -0.2) is 4.98 Å². The van der Waals surface area contributed by atoms with Crippen LogP contribution in [-0.2, 0) is 6.54 Å². The second-order valence-electron chi connectivity index (χ2n) is 9.63. The van der Waals surface area contributed by atoms with Gasteiger partial charge >= 0.3 is 0 Å². The number of carbonyl (C=O) groups is 2. The summed E-state index contributed by atoms with van der Waals surface area (Å²) in [4.78, 5) is 33.8. The van der Waals surface area contributed by atoms with Crippen LogP contribution in [0.3, 0.4) is 0 Å². The molecule has 0 spiro atoms. The quantitative estimate of drug-likeness (QED) is 0.333. The van der Waals surface area contributed by atoms with E-state index in [1.54, 1.807) is 24.4 Å². The van der Waals surface area contributed by atoms with E-state index in [-0.39, 0.29) is 5.91 Å². The Kier molecular flexibility index (Phi) is 5.88. The minimum Gasteiger partial charge on any atom is -0.366 e. The summed E-state index contributed by atoms with van der Waals surface area (Å²) >= 11 is 0. The highest BCUT2D eigenvalue weighted by molar-refractivity contribution is 5.98. The molecular weight excluding hydrogens is 462 g/mol. The van der Waals surface area contributed by atoms with Crippen molar-refractivity contribution in [1.82, 2.24) is 19.9 Å². The average Bonchev–Trinajstić information content (AvgIpc) is 3.59. The predicted molar refractivity (Wildman–Crippen MR) is 144 cm³/mol. The molecule has 0 radical (unpaired) electrons. The van der Waals surface area contributed by atoms with Gasteiger partial charge in [-0.3, -0.25) is 14.6 Å².